The van der Waals surface area contributed by atoms with E-state index in [1.54, 1.807) is 0 Å². The maximum absolute atomic E-state index is 14.5. The number of hydrogen-bond acceptors (Lipinski definition) is 5. The van der Waals surface area contributed by atoms with Gasteiger partial charge in [0.1, 0.15) is 6.10 Å². The van der Waals surface area contributed by atoms with E-state index in [4.69, 9.17) is 14.6 Å². The van der Waals surface area contributed by atoms with Crippen molar-refractivity contribution in [2.45, 2.75) is 200 Å². The molecule has 4 atom stereocenters. The van der Waals surface area contributed by atoms with Crippen molar-refractivity contribution in [1.82, 2.24) is 0 Å². The Morgan fingerprint density at radius 2 is 1.43 bits per heavy atom. The molecule has 0 spiro atoms. The van der Waals surface area contributed by atoms with Crippen LogP contribution in [-0.2, 0) is 43.3 Å². The molecule has 0 aromatic carbocycles. The van der Waals surface area contributed by atoms with Crippen LogP contribution in [0.4, 0.5) is 0 Å². The number of carboxylic acid groups (broad SMARTS) is 1. The molecule has 6 nitrogen and oxygen atoms in total. The van der Waals surface area contributed by atoms with E-state index in [-0.39, 0.29) is 61.7 Å². The van der Waals surface area contributed by atoms with Gasteiger partial charge in [-0.1, -0.05) is 142 Å². The molecule has 0 bridgehead atoms. The third-order valence-corrected chi connectivity index (χ3v) is 11.3. The zero-order valence-electron chi connectivity index (χ0n) is 32.1. The molecule has 0 saturated heterocycles. The van der Waals surface area contributed by atoms with Gasteiger partial charge < -0.3 is 14.6 Å². The van der Waals surface area contributed by atoms with Gasteiger partial charge in [-0.05, 0) is 68.6 Å². The Balaban J connectivity index is 0.0000120. The fourth-order valence-electron chi connectivity index (χ4n) is 8.31. The van der Waals surface area contributed by atoms with Crippen molar-refractivity contribution in [3.8, 4) is 0 Å². The Kier molecular flexibility index (Phi) is 27.4. The Morgan fingerprint density at radius 3 is 2.10 bits per heavy atom. The van der Waals surface area contributed by atoms with Crippen LogP contribution in [0.3, 0.4) is 0 Å². The first-order valence-electron chi connectivity index (χ1n) is 20.6. The second-order valence-corrected chi connectivity index (χ2v) is 15.4. The quantitative estimate of drug-likeness (QED) is 0.0390. The van der Waals surface area contributed by atoms with Crippen molar-refractivity contribution in [3.05, 3.63) is 12.2 Å². The number of unbranched alkanes of at least 4 members (excludes halogenated alkanes) is 8. The predicted molar refractivity (Wildman–Crippen MR) is 197 cm³/mol. The van der Waals surface area contributed by atoms with Gasteiger partial charge >= 0.3 is 17.9 Å². The van der Waals surface area contributed by atoms with Gasteiger partial charge in [0, 0.05) is 38.7 Å². The van der Waals surface area contributed by atoms with E-state index < -0.39 is 5.97 Å². The average molecular weight is 740 g/mol. The van der Waals surface area contributed by atoms with Gasteiger partial charge in [0.2, 0.25) is 0 Å². The number of hydrogen-bond donors (Lipinski definition) is 1. The maximum Gasteiger partial charge on any atom is 0.309 e. The molecule has 0 aromatic rings. The molecule has 49 heavy (non-hydrogen) atoms. The first kappa shape index (κ1) is 45.8. The molecular formula is C42H74O6Zn. The molecule has 2 aliphatic carbocycles. The van der Waals surface area contributed by atoms with Crippen LogP contribution in [0.2, 0.25) is 0 Å². The third-order valence-electron chi connectivity index (χ3n) is 11.3. The summed E-state index contributed by atoms with van der Waals surface area (Å²) in [5, 5.41) is 8.81. The summed E-state index contributed by atoms with van der Waals surface area (Å²) in [5.41, 5.74) is 0. The summed E-state index contributed by atoms with van der Waals surface area (Å²) in [6.07, 6.45) is 32.5. The van der Waals surface area contributed by atoms with E-state index in [2.05, 4.69) is 26.0 Å². The summed E-state index contributed by atoms with van der Waals surface area (Å²) < 4.78 is 12.2. The summed E-state index contributed by atoms with van der Waals surface area (Å²) in [6, 6.07) is 0. The Morgan fingerprint density at radius 1 is 0.776 bits per heavy atom. The van der Waals surface area contributed by atoms with Gasteiger partial charge in [-0.25, -0.2) is 0 Å². The molecule has 1 N–H and O–H groups in total. The molecule has 2 saturated carbocycles. The molecule has 2 aliphatic rings. The molecule has 280 valence electrons. The van der Waals surface area contributed by atoms with Crippen molar-refractivity contribution in [3.63, 3.8) is 0 Å². The molecule has 0 radical (unpaired) electrons. The van der Waals surface area contributed by atoms with Crippen LogP contribution in [0, 0.1) is 29.6 Å². The van der Waals surface area contributed by atoms with Crippen molar-refractivity contribution < 1.29 is 48.4 Å². The van der Waals surface area contributed by atoms with Crippen molar-refractivity contribution in [2.24, 2.45) is 29.6 Å². The predicted octanol–water partition coefficient (Wildman–Crippen LogP) is 11.8. The minimum absolute atomic E-state index is 0. The molecule has 0 aliphatic heterocycles. The second kappa shape index (κ2) is 29.4. The largest absolute Gasteiger partial charge is 0.481 e. The zero-order chi connectivity index (χ0) is 34.8. The Bertz CT molecular complexity index is 878. The molecule has 0 aromatic heterocycles. The van der Waals surface area contributed by atoms with Gasteiger partial charge in [0.05, 0.1) is 12.5 Å². The number of rotatable bonds is 27. The molecular weight excluding hydrogens is 666 g/mol. The van der Waals surface area contributed by atoms with Crippen molar-refractivity contribution >= 4 is 17.9 Å². The van der Waals surface area contributed by atoms with E-state index in [0.29, 0.717) is 24.9 Å². The van der Waals surface area contributed by atoms with Gasteiger partial charge in [-0.2, -0.15) is 0 Å². The molecule has 2 fully saturated rings. The summed E-state index contributed by atoms with van der Waals surface area (Å²) in [4.78, 5) is 38.3. The number of carboxylic acids is 1. The monoisotopic (exact) mass is 738 g/mol. The normalized spacial score (nSPS) is 18.3. The standard InChI is InChI=1S/C42H74O6.Zn/c1-4-6-7-20-27-38(28-21-12-10-8-9-11-13-22-29-39(43)44)48-42(46)41(34(3)36-25-18-15-19-26-36)37(33-40(45)47-32-5-2)31-30-35-23-16-14-17-24-35;/h12,21,34-38,41H,4-11,13-20,22-33H2,1-3H3,(H,43,44);/b21-12-;/t34?,37?,38-,41?;/m1./s1. The third kappa shape index (κ3) is 21.0. The SMILES string of the molecule is CCCCCC[C@H](C/C=C\CCCCCCCC(=O)O)OC(=O)C(C(CCC1CCCCC1)CC(=O)OCCC)C(C)C1CCCCC1.[Zn]. The van der Waals surface area contributed by atoms with E-state index in [9.17, 15) is 14.4 Å². The molecule has 7 heteroatoms. The average Bonchev–Trinajstić information content (AvgIpc) is 3.09. The van der Waals surface area contributed by atoms with Crippen LogP contribution in [0.5, 0.6) is 0 Å². The molecule has 3 unspecified atom stereocenters. The number of carbonyl (C=O) groups excluding carboxylic acids is 2. The van der Waals surface area contributed by atoms with Crippen molar-refractivity contribution in [1.29, 1.82) is 0 Å². The zero-order valence-corrected chi connectivity index (χ0v) is 35.1. The maximum atomic E-state index is 14.5. The van der Waals surface area contributed by atoms with E-state index in [0.717, 1.165) is 83.5 Å². The van der Waals surface area contributed by atoms with Crippen LogP contribution >= 0.6 is 0 Å². The fourth-order valence-corrected chi connectivity index (χ4v) is 8.31. The van der Waals surface area contributed by atoms with E-state index in [1.807, 2.05) is 6.92 Å². The van der Waals surface area contributed by atoms with Gasteiger partial charge in [-0.3, -0.25) is 14.4 Å². The molecule has 0 amide bonds. The van der Waals surface area contributed by atoms with Gasteiger partial charge in [-0.15, -0.1) is 0 Å². The summed E-state index contributed by atoms with van der Waals surface area (Å²) >= 11 is 0. The van der Waals surface area contributed by atoms with Crippen LogP contribution < -0.4 is 0 Å². The first-order valence-corrected chi connectivity index (χ1v) is 20.6. The van der Waals surface area contributed by atoms with Crippen LogP contribution in [0.15, 0.2) is 12.2 Å². The van der Waals surface area contributed by atoms with Crippen LogP contribution in [0.25, 0.3) is 0 Å². The summed E-state index contributed by atoms with van der Waals surface area (Å²) in [5.74, 6) is 0.173. The summed E-state index contributed by atoms with van der Waals surface area (Å²) in [7, 11) is 0. The fraction of sp³-hybridized carbons (Fsp3) is 0.881. The van der Waals surface area contributed by atoms with Crippen molar-refractivity contribution in [2.75, 3.05) is 6.61 Å². The first-order chi connectivity index (χ1) is 23.3. The summed E-state index contributed by atoms with van der Waals surface area (Å²) in [6.45, 7) is 6.98. The topological polar surface area (TPSA) is 89.9 Å². The Labute approximate surface area is 313 Å². The van der Waals surface area contributed by atoms with E-state index in [1.165, 1.54) is 77.0 Å². The molecule has 0 heterocycles. The number of ether oxygens (including phenoxy) is 2. The number of allylic oxidation sites excluding steroid dienone is 1. The minimum Gasteiger partial charge on any atom is -0.481 e. The molecule has 2 rings (SSSR count). The smallest absolute Gasteiger partial charge is 0.309 e. The Hall–Kier alpha value is -1.23. The number of aliphatic carboxylic acids is 1. The van der Waals surface area contributed by atoms with Crippen LogP contribution in [0.1, 0.15) is 194 Å². The minimum atomic E-state index is -0.706. The van der Waals surface area contributed by atoms with E-state index >= 15 is 0 Å². The van der Waals surface area contributed by atoms with Gasteiger partial charge in [0.15, 0.2) is 0 Å². The second-order valence-electron chi connectivity index (χ2n) is 15.4. The number of esters is 2. The van der Waals surface area contributed by atoms with Crippen LogP contribution in [-0.4, -0.2) is 35.7 Å². The van der Waals surface area contributed by atoms with Gasteiger partial charge in [0.25, 0.3) is 0 Å². The number of carbonyl (C=O) groups is 3.